The number of H-pyrrole nitrogens is 1. The van der Waals surface area contributed by atoms with Gasteiger partial charge in [-0.2, -0.15) is 4.31 Å². The molecule has 3 aromatic rings. The van der Waals surface area contributed by atoms with E-state index in [9.17, 15) is 18.0 Å². The van der Waals surface area contributed by atoms with Crippen molar-refractivity contribution in [2.45, 2.75) is 24.3 Å². The smallest absolute Gasteiger partial charge is 0.338 e. The molecule has 0 amide bonds. The molecule has 8 nitrogen and oxygen atoms in total. The number of para-hydroxylation sites is 1. The zero-order valence-corrected chi connectivity index (χ0v) is 16.3. The average molecular weight is 413 g/mol. The minimum Gasteiger partial charge on any atom is -0.454 e. The first-order valence-electron chi connectivity index (χ1n) is 9.20. The Morgan fingerprint density at radius 1 is 1.10 bits per heavy atom. The molecule has 29 heavy (non-hydrogen) atoms. The summed E-state index contributed by atoms with van der Waals surface area (Å²) < 4.78 is 32.0. The summed E-state index contributed by atoms with van der Waals surface area (Å²) >= 11 is 0. The highest BCUT2D eigenvalue weighted by Crippen LogP contribution is 2.22. The number of nitrogens with zero attached hydrogens (tertiary/aromatic N) is 2. The molecule has 1 saturated heterocycles. The normalized spacial score (nSPS) is 14.9. The maximum Gasteiger partial charge on any atom is 0.338 e. The quantitative estimate of drug-likeness (QED) is 0.641. The summed E-state index contributed by atoms with van der Waals surface area (Å²) in [4.78, 5) is 31.4. The second-order valence-corrected chi connectivity index (χ2v) is 8.68. The molecule has 1 aliphatic heterocycles. The van der Waals surface area contributed by atoms with Crippen molar-refractivity contribution >= 4 is 26.9 Å². The number of carbonyl (C=O) groups is 1. The minimum atomic E-state index is -3.63. The van der Waals surface area contributed by atoms with Crippen LogP contribution < -0.4 is 5.56 Å². The van der Waals surface area contributed by atoms with Gasteiger partial charge in [0.05, 0.1) is 21.4 Å². The van der Waals surface area contributed by atoms with Gasteiger partial charge in [0.25, 0.3) is 5.56 Å². The molecule has 1 fully saturated rings. The standard InChI is InChI=1S/C20H19N3O5S/c24-19-16-8-1-2-9-17(16)21-18(22-19)13-28-20(25)14-6-5-7-15(12-14)29(26,27)23-10-3-4-11-23/h1-2,5-9,12H,3-4,10-11,13H2,(H,21,22,24). The predicted octanol–water partition coefficient (Wildman–Crippen LogP) is 2.06. The van der Waals surface area contributed by atoms with Crippen molar-refractivity contribution < 1.29 is 17.9 Å². The number of carbonyl (C=O) groups excluding carboxylic acids is 1. The monoisotopic (exact) mass is 413 g/mol. The number of aromatic amines is 1. The molecule has 150 valence electrons. The number of benzene rings is 2. The van der Waals surface area contributed by atoms with Gasteiger partial charge in [-0.1, -0.05) is 18.2 Å². The van der Waals surface area contributed by atoms with E-state index >= 15 is 0 Å². The number of hydrogen-bond acceptors (Lipinski definition) is 6. The number of esters is 1. The lowest BCUT2D eigenvalue weighted by atomic mass is 10.2. The number of rotatable bonds is 5. The Morgan fingerprint density at radius 3 is 2.66 bits per heavy atom. The van der Waals surface area contributed by atoms with Gasteiger partial charge in [0.2, 0.25) is 10.0 Å². The highest BCUT2D eigenvalue weighted by Gasteiger charge is 2.27. The maximum absolute atomic E-state index is 12.7. The SMILES string of the molecule is O=C(OCc1nc2ccccc2c(=O)[nH]1)c1cccc(S(=O)(=O)N2CCCC2)c1. The first-order chi connectivity index (χ1) is 13.9. The van der Waals surface area contributed by atoms with Gasteiger partial charge in [0.1, 0.15) is 12.4 Å². The molecule has 2 aromatic carbocycles. The van der Waals surface area contributed by atoms with Crippen molar-refractivity contribution in [2.24, 2.45) is 0 Å². The number of sulfonamides is 1. The zero-order valence-electron chi connectivity index (χ0n) is 15.5. The Hall–Kier alpha value is -3.04. The van der Waals surface area contributed by atoms with Gasteiger partial charge in [-0.25, -0.2) is 18.2 Å². The Bertz CT molecular complexity index is 1230. The van der Waals surface area contributed by atoms with Crippen molar-refractivity contribution in [3.63, 3.8) is 0 Å². The molecule has 1 aromatic heterocycles. The van der Waals surface area contributed by atoms with Crippen LogP contribution in [0, 0.1) is 0 Å². The summed E-state index contributed by atoms with van der Waals surface area (Å²) in [5, 5.41) is 0.447. The van der Waals surface area contributed by atoms with E-state index < -0.39 is 16.0 Å². The molecular formula is C20H19N3O5S. The van der Waals surface area contributed by atoms with E-state index in [1.807, 2.05) is 0 Å². The van der Waals surface area contributed by atoms with E-state index in [0.29, 0.717) is 24.0 Å². The van der Waals surface area contributed by atoms with Gasteiger partial charge >= 0.3 is 5.97 Å². The number of hydrogen-bond donors (Lipinski definition) is 1. The lowest BCUT2D eigenvalue weighted by molar-refractivity contribution is 0.0462. The predicted molar refractivity (Wildman–Crippen MR) is 106 cm³/mol. The summed E-state index contributed by atoms with van der Waals surface area (Å²) in [5.41, 5.74) is 0.301. The summed E-state index contributed by atoms with van der Waals surface area (Å²) in [6, 6.07) is 12.6. The Labute approximate surface area is 167 Å². The van der Waals surface area contributed by atoms with E-state index in [-0.39, 0.29) is 28.4 Å². The van der Waals surface area contributed by atoms with Gasteiger partial charge in [-0.3, -0.25) is 4.79 Å². The number of fused-ring (bicyclic) bond motifs is 1. The maximum atomic E-state index is 12.7. The van der Waals surface area contributed by atoms with Crippen molar-refractivity contribution in [1.29, 1.82) is 0 Å². The topological polar surface area (TPSA) is 109 Å². The second kappa shape index (κ2) is 7.76. The van der Waals surface area contributed by atoms with Crippen LogP contribution in [0.5, 0.6) is 0 Å². The fraction of sp³-hybridized carbons (Fsp3) is 0.250. The van der Waals surface area contributed by atoms with Crippen molar-refractivity contribution in [3.05, 3.63) is 70.3 Å². The molecular weight excluding hydrogens is 394 g/mol. The molecule has 0 atom stereocenters. The van der Waals surface area contributed by atoms with Gasteiger partial charge in [0.15, 0.2) is 0 Å². The zero-order chi connectivity index (χ0) is 20.4. The summed E-state index contributed by atoms with van der Waals surface area (Å²) in [6.07, 6.45) is 1.66. The minimum absolute atomic E-state index is 0.0612. The van der Waals surface area contributed by atoms with E-state index in [1.54, 1.807) is 24.3 Å². The van der Waals surface area contributed by atoms with Crippen molar-refractivity contribution in [2.75, 3.05) is 13.1 Å². The third kappa shape index (κ3) is 3.92. The van der Waals surface area contributed by atoms with Crippen LogP contribution in [-0.4, -0.2) is 41.7 Å². The second-order valence-electron chi connectivity index (χ2n) is 6.74. The van der Waals surface area contributed by atoms with Crippen molar-refractivity contribution in [3.8, 4) is 0 Å². The first kappa shape index (κ1) is 19.3. The van der Waals surface area contributed by atoms with Crippen LogP contribution in [0.1, 0.15) is 29.0 Å². The molecule has 0 spiro atoms. The molecule has 0 aliphatic carbocycles. The van der Waals surface area contributed by atoms with Crippen LogP contribution in [0.25, 0.3) is 10.9 Å². The molecule has 0 saturated carbocycles. The first-order valence-corrected chi connectivity index (χ1v) is 10.6. The molecule has 1 N–H and O–H groups in total. The molecule has 0 bridgehead atoms. The molecule has 0 radical (unpaired) electrons. The third-order valence-corrected chi connectivity index (χ3v) is 6.67. The molecule has 1 aliphatic rings. The van der Waals surface area contributed by atoms with Gasteiger partial charge in [-0.05, 0) is 43.2 Å². The number of ether oxygens (including phenoxy) is 1. The average Bonchev–Trinajstić information content (AvgIpc) is 3.28. The molecule has 2 heterocycles. The third-order valence-electron chi connectivity index (χ3n) is 4.77. The molecule has 0 unspecified atom stereocenters. The summed E-state index contributed by atoms with van der Waals surface area (Å²) in [5.74, 6) is -0.484. The van der Waals surface area contributed by atoms with Crippen LogP contribution in [-0.2, 0) is 21.4 Å². The van der Waals surface area contributed by atoms with Crippen LogP contribution in [0.3, 0.4) is 0 Å². The van der Waals surface area contributed by atoms with E-state index in [0.717, 1.165) is 12.8 Å². The van der Waals surface area contributed by atoms with Crippen LogP contribution in [0.4, 0.5) is 0 Å². The van der Waals surface area contributed by atoms with Crippen LogP contribution in [0.15, 0.2) is 58.2 Å². The van der Waals surface area contributed by atoms with Crippen molar-refractivity contribution in [1.82, 2.24) is 14.3 Å². The van der Waals surface area contributed by atoms with Gasteiger partial charge in [0, 0.05) is 13.1 Å². The lowest BCUT2D eigenvalue weighted by Gasteiger charge is -2.15. The molecule has 4 rings (SSSR count). The highest BCUT2D eigenvalue weighted by atomic mass is 32.2. The number of aromatic nitrogens is 2. The number of nitrogens with one attached hydrogen (secondary N) is 1. The summed E-state index contributed by atoms with van der Waals surface area (Å²) in [6.45, 7) is 0.734. The Kier molecular flexibility index (Phi) is 5.16. The Balaban J connectivity index is 1.51. The van der Waals surface area contributed by atoms with Crippen LogP contribution >= 0.6 is 0 Å². The Morgan fingerprint density at radius 2 is 1.86 bits per heavy atom. The van der Waals surface area contributed by atoms with E-state index in [1.165, 1.54) is 28.6 Å². The lowest BCUT2D eigenvalue weighted by Crippen LogP contribution is -2.28. The highest BCUT2D eigenvalue weighted by molar-refractivity contribution is 7.89. The largest absolute Gasteiger partial charge is 0.454 e. The van der Waals surface area contributed by atoms with Gasteiger partial charge < -0.3 is 9.72 Å². The van der Waals surface area contributed by atoms with E-state index in [4.69, 9.17) is 4.74 Å². The molecule has 9 heteroatoms. The fourth-order valence-corrected chi connectivity index (χ4v) is 4.85. The fourth-order valence-electron chi connectivity index (χ4n) is 3.28. The summed E-state index contributed by atoms with van der Waals surface area (Å²) in [7, 11) is -3.63. The van der Waals surface area contributed by atoms with Crippen LogP contribution in [0.2, 0.25) is 0 Å². The van der Waals surface area contributed by atoms with Gasteiger partial charge in [-0.15, -0.1) is 0 Å². The van der Waals surface area contributed by atoms with E-state index in [2.05, 4.69) is 9.97 Å².